The van der Waals surface area contributed by atoms with Gasteiger partial charge in [-0.05, 0) is 32.1 Å². The van der Waals surface area contributed by atoms with Crippen LogP contribution in [0.25, 0.3) is 0 Å². The maximum absolute atomic E-state index is 13.0. The largest absolute Gasteiger partial charge is 0.321 e. The minimum atomic E-state index is -0.670. The number of nitrogens with zero attached hydrogens (tertiary/aromatic N) is 4. The fraction of sp³-hybridized carbons (Fsp3) is 0.688. The number of hydroxylamine groups is 1. The number of amides is 4. The van der Waals surface area contributed by atoms with Gasteiger partial charge in [0.2, 0.25) is 11.0 Å². The van der Waals surface area contributed by atoms with Crippen molar-refractivity contribution in [1.82, 2.24) is 25.5 Å². The van der Waals surface area contributed by atoms with Crippen LogP contribution in [0.2, 0.25) is 0 Å². The van der Waals surface area contributed by atoms with E-state index in [9.17, 15) is 14.4 Å². The van der Waals surface area contributed by atoms with Crippen LogP contribution >= 0.6 is 11.3 Å². The Morgan fingerprint density at radius 2 is 2.11 bits per heavy atom. The molecule has 1 aromatic heterocycles. The van der Waals surface area contributed by atoms with Crippen molar-refractivity contribution in [2.75, 3.05) is 25.0 Å². The van der Waals surface area contributed by atoms with Crippen LogP contribution in [-0.2, 0) is 9.59 Å². The van der Waals surface area contributed by atoms with Gasteiger partial charge in [0.25, 0.3) is 5.91 Å². The minimum absolute atomic E-state index is 0.261. The molecule has 2 heterocycles. The molecule has 0 radical (unpaired) electrons. The van der Waals surface area contributed by atoms with Crippen molar-refractivity contribution in [1.29, 1.82) is 0 Å². The van der Waals surface area contributed by atoms with Gasteiger partial charge < -0.3 is 9.80 Å². The van der Waals surface area contributed by atoms with Crippen LogP contribution in [0, 0.1) is 12.8 Å². The zero-order valence-corrected chi connectivity index (χ0v) is 16.6. The summed E-state index contributed by atoms with van der Waals surface area (Å²) in [7, 11) is 0. The number of rotatable bonds is 7. The molecule has 4 amide bonds. The molecule has 27 heavy (non-hydrogen) atoms. The first-order valence-corrected chi connectivity index (χ1v) is 9.73. The van der Waals surface area contributed by atoms with Crippen molar-refractivity contribution >= 4 is 34.3 Å². The number of hydrogen-bond donors (Lipinski definition) is 3. The van der Waals surface area contributed by atoms with Crippen LogP contribution in [-0.4, -0.2) is 68.7 Å². The fourth-order valence-corrected chi connectivity index (χ4v) is 3.45. The summed E-state index contributed by atoms with van der Waals surface area (Å²) in [6, 6.07) is -1.01. The average Bonchev–Trinajstić information content (AvgIpc) is 3.26. The highest BCUT2D eigenvalue weighted by Gasteiger charge is 2.37. The summed E-state index contributed by atoms with van der Waals surface area (Å²) >= 11 is 1.26. The Kier molecular flexibility index (Phi) is 7.48. The third-order valence-corrected chi connectivity index (χ3v) is 5.02. The number of carbonyl (C=O) groups excluding carboxylic acids is 3. The summed E-state index contributed by atoms with van der Waals surface area (Å²) in [6.45, 7) is 6.37. The number of aryl methyl sites for hydroxylation is 1. The predicted octanol–water partition coefficient (Wildman–Crippen LogP) is 1.22. The van der Waals surface area contributed by atoms with E-state index in [1.54, 1.807) is 12.4 Å². The molecule has 0 bridgehead atoms. The highest BCUT2D eigenvalue weighted by Crippen LogP contribution is 2.22. The highest BCUT2D eigenvalue weighted by molar-refractivity contribution is 7.15. The first-order valence-electron chi connectivity index (χ1n) is 8.91. The van der Waals surface area contributed by atoms with Gasteiger partial charge in [0.15, 0.2) is 0 Å². The van der Waals surface area contributed by atoms with Gasteiger partial charge in [0.05, 0.1) is 0 Å². The van der Waals surface area contributed by atoms with E-state index in [0.29, 0.717) is 43.4 Å². The molecular formula is C16H26N6O4S. The minimum Gasteiger partial charge on any atom is -0.315 e. The molecule has 10 nitrogen and oxygen atoms in total. The Morgan fingerprint density at radius 3 is 2.70 bits per heavy atom. The normalized spacial score (nSPS) is 16.5. The summed E-state index contributed by atoms with van der Waals surface area (Å²) in [5.41, 5.74) is 1.55. The summed E-state index contributed by atoms with van der Waals surface area (Å²) in [6.07, 6.45) is 1.95. The number of urea groups is 1. The summed E-state index contributed by atoms with van der Waals surface area (Å²) in [5.74, 6) is -0.639. The molecule has 1 fully saturated rings. The predicted molar refractivity (Wildman–Crippen MR) is 99.4 cm³/mol. The molecule has 11 heteroatoms. The molecule has 2 rings (SSSR count). The van der Waals surface area contributed by atoms with Crippen LogP contribution in [0.4, 0.5) is 9.93 Å². The number of likely N-dealkylation sites (tertiary alicyclic amines) is 1. The van der Waals surface area contributed by atoms with Gasteiger partial charge in [-0.3, -0.25) is 20.1 Å². The van der Waals surface area contributed by atoms with Gasteiger partial charge in [-0.15, -0.1) is 10.2 Å². The van der Waals surface area contributed by atoms with Crippen molar-refractivity contribution in [3.63, 3.8) is 0 Å². The molecule has 0 aromatic carbocycles. The van der Waals surface area contributed by atoms with Gasteiger partial charge in [-0.2, -0.15) is 0 Å². The van der Waals surface area contributed by atoms with E-state index < -0.39 is 11.9 Å². The molecule has 1 aliphatic heterocycles. The van der Waals surface area contributed by atoms with E-state index >= 15 is 0 Å². The Labute approximate surface area is 161 Å². The SMILES string of the molecule is Cc1nnc(NC(=O)[C@@H]2CCCN2C(=O)N(CCC(C)C)CC(=O)NO)s1. The van der Waals surface area contributed by atoms with E-state index in [1.165, 1.54) is 21.1 Å². The van der Waals surface area contributed by atoms with E-state index in [0.717, 1.165) is 5.01 Å². The van der Waals surface area contributed by atoms with Gasteiger partial charge in [0.1, 0.15) is 17.6 Å². The van der Waals surface area contributed by atoms with Crippen LogP contribution in [0.1, 0.15) is 38.1 Å². The second kappa shape index (κ2) is 9.60. The van der Waals surface area contributed by atoms with Crippen LogP contribution < -0.4 is 10.8 Å². The van der Waals surface area contributed by atoms with Crippen LogP contribution in [0.3, 0.4) is 0 Å². The van der Waals surface area contributed by atoms with E-state index in [4.69, 9.17) is 5.21 Å². The van der Waals surface area contributed by atoms with E-state index in [-0.39, 0.29) is 18.5 Å². The lowest BCUT2D eigenvalue weighted by molar-refractivity contribution is -0.129. The van der Waals surface area contributed by atoms with Gasteiger partial charge in [0, 0.05) is 13.1 Å². The molecule has 0 saturated carbocycles. The molecule has 1 saturated heterocycles. The number of anilines is 1. The van der Waals surface area contributed by atoms with Crippen molar-refractivity contribution in [2.45, 2.75) is 46.1 Å². The first-order chi connectivity index (χ1) is 12.8. The molecule has 1 atom stereocenters. The molecule has 3 N–H and O–H groups in total. The lowest BCUT2D eigenvalue weighted by Gasteiger charge is -2.31. The van der Waals surface area contributed by atoms with Gasteiger partial charge >= 0.3 is 6.03 Å². The summed E-state index contributed by atoms with van der Waals surface area (Å²) in [4.78, 5) is 40.0. The standard InChI is InChI=1S/C16H26N6O4S/c1-10(2)6-8-21(9-13(23)20-26)16(25)22-7-4-5-12(22)14(24)17-15-19-18-11(3)27-15/h10,12,26H,4-9H2,1-3H3,(H,20,23)(H,17,19,24)/t12-/m0/s1. The van der Waals surface area contributed by atoms with E-state index in [2.05, 4.69) is 15.5 Å². The lowest BCUT2D eigenvalue weighted by atomic mass is 10.1. The molecular weight excluding hydrogens is 372 g/mol. The maximum Gasteiger partial charge on any atom is 0.321 e. The van der Waals surface area contributed by atoms with Crippen LogP contribution in [0.15, 0.2) is 0 Å². The first kappa shape index (κ1) is 21.0. The summed E-state index contributed by atoms with van der Waals surface area (Å²) < 4.78 is 0. The third-order valence-electron chi connectivity index (χ3n) is 4.26. The molecule has 0 unspecified atom stereocenters. The number of hydrogen-bond acceptors (Lipinski definition) is 7. The van der Waals surface area contributed by atoms with Gasteiger partial charge in [-0.1, -0.05) is 25.2 Å². The van der Waals surface area contributed by atoms with Crippen LogP contribution in [0.5, 0.6) is 0 Å². The molecule has 150 valence electrons. The molecule has 0 aliphatic carbocycles. The van der Waals surface area contributed by atoms with Crippen molar-refractivity contribution < 1.29 is 19.6 Å². The summed E-state index contributed by atoms with van der Waals surface area (Å²) in [5, 5.41) is 20.4. The number of nitrogens with one attached hydrogen (secondary N) is 2. The second-order valence-electron chi connectivity index (χ2n) is 6.89. The zero-order valence-electron chi connectivity index (χ0n) is 15.8. The van der Waals surface area contributed by atoms with Crippen molar-refractivity contribution in [3.05, 3.63) is 5.01 Å². The zero-order chi connectivity index (χ0) is 20.0. The highest BCUT2D eigenvalue weighted by atomic mass is 32.1. The topological polar surface area (TPSA) is 128 Å². The van der Waals surface area contributed by atoms with E-state index in [1.807, 2.05) is 13.8 Å². The van der Waals surface area contributed by atoms with Crippen molar-refractivity contribution in [2.24, 2.45) is 5.92 Å². The Morgan fingerprint density at radius 1 is 1.37 bits per heavy atom. The quantitative estimate of drug-likeness (QED) is 0.468. The Balaban J connectivity index is 2.07. The fourth-order valence-electron chi connectivity index (χ4n) is 2.85. The lowest BCUT2D eigenvalue weighted by Crippen LogP contribution is -2.51. The monoisotopic (exact) mass is 398 g/mol. The Hall–Kier alpha value is -2.27. The average molecular weight is 398 g/mol. The molecule has 1 aliphatic rings. The number of aromatic nitrogens is 2. The maximum atomic E-state index is 13.0. The molecule has 0 spiro atoms. The Bertz CT molecular complexity index is 680. The van der Waals surface area contributed by atoms with Gasteiger partial charge in [-0.25, -0.2) is 10.3 Å². The third kappa shape index (κ3) is 5.86. The number of carbonyl (C=O) groups is 3. The molecule has 1 aromatic rings. The van der Waals surface area contributed by atoms with Crippen molar-refractivity contribution in [3.8, 4) is 0 Å². The second-order valence-corrected chi connectivity index (χ2v) is 8.07. The smallest absolute Gasteiger partial charge is 0.315 e.